The summed E-state index contributed by atoms with van der Waals surface area (Å²) in [4.78, 5) is 10.5. The van der Waals surface area contributed by atoms with Crippen LogP contribution in [0.25, 0.3) is 0 Å². The molecule has 0 heterocycles. The highest BCUT2D eigenvalue weighted by molar-refractivity contribution is 9.10. The number of halogens is 1. The van der Waals surface area contributed by atoms with Crippen molar-refractivity contribution >= 4 is 21.9 Å². The second kappa shape index (κ2) is 5.16. The molecule has 1 aromatic carbocycles. The number of benzene rings is 1. The maximum absolute atomic E-state index is 10.5. The number of ether oxygens (including phenoxy) is 1. The van der Waals surface area contributed by atoms with Crippen LogP contribution < -0.4 is 4.74 Å². The van der Waals surface area contributed by atoms with Gasteiger partial charge in [-0.05, 0) is 25.0 Å². The molecule has 0 saturated heterocycles. The molecule has 0 atom stereocenters. The van der Waals surface area contributed by atoms with Crippen molar-refractivity contribution in [3.63, 3.8) is 0 Å². The maximum atomic E-state index is 10.5. The highest BCUT2D eigenvalue weighted by Gasteiger charge is 2.11. The largest absolute Gasteiger partial charge is 0.496 e. The Kier molecular flexibility index (Phi) is 4.15. The molecule has 0 fully saturated rings. The van der Waals surface area contributed by atoms with Crippen molar-refractivity contribution in [2.75, 3.05) is 7.11 Å². The lowest BCUT2D eigenvalue weighted by atomic mass is 10.1. The molecule has 1 aromatic rings. The number of hydrogen-bond donors (Lipinski definition) is 1. The highest BCUT2D eigenvalue weighted by atomic mass is 79.9. The first-order valence-electron chi connectivity index (χ1n) is 4.60. The van der Waals surface area contributed by atoms with Crippen LogP contribution in [0.2, 0.25) is 0 Å². The van der Waals surface area contributed by atoms with Crippen LogP contribution in [0.1, 0.15) is 17.5 Å². The zero-order valence-corrected chi connectivity index (χ0v) is 10.3. The minimum Gasteiger partial charge on any atom is -0.496 e. The smallest absolute Gasteiger partial charge is 0.303 e. The van der Waals surface area contributed by atoms with Gasteiger partial charge in [0, 0.05) is 16.5 Å². The fourth-order valence-corrected chi connectivity index (χ4v) is 1.98. The van der Waals surface area contributed by atoms with Gasteiger partial charge in [0.1, 0.15) is 5.75 Å². The molecule has 1 N–H and O–H groups in total. The quantitative estimate of drug-likeness (QED) is 0.917. The van der Waals surface area contributed by atoms with Gasteiger partial charge in [0.15, 0.2) is 0 Å². The minimum absolute atomic E-state index is 0.110. The zero-order chi connectivity index (χ0) is 11.4. The summed E-state index contributed by atoms with van der Waals surface area (Å²) in [5, 5.41) is 8.64. The lowest BCUT2D eigenvalue weighted by Crippen LogP contribution is -2.01. The van der Waals surface area contributed by atoms with Gasteiger partial charge in [0.2, 0.25) is 0 Å². The first kappa shape index (κ1) is 12.0. The molecule has 0 aliphatic carbocycles. The summed E-state index contributed by atoms with van der Waals surface area (Å²) in [6.07, 6.45) is 0.583. The van der Waals surface area contributed by atoms with Crippen LogP contribution in [0.5, 0.6) is 5.75 Å². The number of carboxylic acid groups (broad SMARTS) is 1. The molecular formula is C11H13BrO3. The van der Waals surface area contributed by atoms with Gasteiger partial charge in [-0.3, -0.25) is 4.79 Å². The molecule has 0 unspecified atom stereocenters. The van der Waals surface area contributed by atoms with E-state index in [0.29, 0.717) is 6.42 Å². The number of carboxylic acids is 1. The van der Waals surface area contributed by atoms with E-state index in [2.05, 4.69) is 15.9 Å². The van der Waals surface area contributed by atoms with Crippen LogP contribution in [0.15, 0.2) is 16.6 Å². The van der Waals surface area contributed by atoms with Gasteiger partial charge < -0.3 is 9.84 Å². The Morgan fingerprint density at radius 3 is 2.73 bits per heavy atom. The van der Waals surface area contributed by atoms with E-state index in [1.165, 1.54) is 0 Å². The standard InChI is InChI=1S/C11H13BrO3/c1-7-3-5-9(12)8(11(7)15-2)4-6-10(13)14/h3,5H,4,6H2,1-2H3,(H,13,14). The molecule has 0 bridgehead atoms. The fraction of sp³-hybridized carbons (Fsp3) is 0.364. The van der Waals surface area contributed by atoms with Crippen molar-refractivity contribution in [3.05, 3.63) is 27.7 Å². The number of aryl methyl sites for hydroxylation is 1. The topological polar surface area (TPSA) is 46.5 Å². The number of carbonyl (C=O) groups is 1. The molecule has 0 aromatic heterocycles. The van der Waals surface area contributed by atoms with Crippen molar-refractivity contribution in [2.24, 2.45) is 0 Å². The molecule has 0 aliphatic rings. The fourth-order valence-electron chi connectivity index (χ4n) is 1.47. The Morgan fingerprint density at radius 1 is 1.53 bits per heavy atom. The Bertz CT molecular complexity index is 374. The predicted octanol–water partition coefficient (Wildman–Crippen LogP) is 2.78. The van der Waals surface area contributed by atoms with Crippen LogP contribution in [0.4, 0.5) is 0 Å². The van der Waals surface area contributed by atoms with E-state index in [-0.39, 0.29) is 6.42 Å². The Balaban J connectivity index is 3.02. The molecule has 0 spiro atoms. The first-order chi connectivity index (χ1) is 7.06. The van der Waals surface area contributed by atoms with Gasteiger partial charge in [0.05, 0.1) is 7.11 Å². The van der Waals surface area contributed by atoms with Crippen molar-refractivity contribution < 1.29 is 14.6 Å². The lowest BCUT2D eigenvalue weighted by Gasteiger charge is -2.12. The normalized spacial score (nSPS) is 10.1. The molecule has 1 rings (SSSR count). The summed E-state index contributed by atoms with van der Waals surface area (Å²) in [6, 6.07) is 3.85. The van der Waals surface area contributed by atoms with Crippen LogP contribution in [0.3, 0.4) is 0 Å². The summed E-state index contributed by atoms with van der Waals surface area (Å²) < 4.78 is 6.16. The molecular weight excluding hydrogens is 260 g/mol. The molecule has 0 amide bonds. The zero-order valence-electron chi connectivity index (χ0n) is 8.71. The summed E-state index contributed by atoms with van der Waals surface area (Å²) in [7, 11) is 1.60. The van der Waals surface area contributed by atoms with Crippen molar-refractivity contribution in [2.45, 2.75) is 19.8 Å². The van der Waals surface area contributed by atoms with Gasteiger partial charge in [-0.25, -0.2) is 0 Å². The summed E-state index contributed by atoms with van der Waals surface area (Å²) in [5.41, 5.74) is 1.93. The summed E-state index contributed by atoms with van der Waals surface area (Å²) >= 11 is 3.40. The van der Waals surface area contributed by atoms with E-state index in [0.717, 1.165) is 21.3 Å². The monoisotopic (exact) mass is 272 g/mol. The van der Waals surface area contributed by atoms with Gasteiger partial charge in [0.25, 0.3) is 0 Å². The predicted molar refractivity (Wildman–Crippen MR) is 61.4 cm³/mol. The number of rotatable bonds is 4. The maximum Gasteiger partial charge on any atom is 0.303 e. The number of hydrogen-bond acceptors (Lipinski definition) is 2. The first-order valence-corrected chi connectivity index (χ1v) is 5.39. The molecule has 3 nitrogen and oxygen atoms in total. The second-order valence-corrected chi connectivity index (χ2v) is 4.12. The van der Waals surface area contributed by atoms with Crippen molar-refractivity contribution in [1.29, 1.82) is 0 Å². The molecule has 0 saturated carbocycles. The molecule has 4 heteroatoms. The van der Waals surface area contributed by atoms with Crippen LogP contribution in [0, 0.1) is 6.92 Å². The van der Waals surface area contributed by atoms with E-state index in [4.69, 9.17) is 9.84 Å². The Labute approximate surface area is 97.2 Å². The van der Waals surface area contributed by atoms with Gasteiger partial charge in [-0.15, -0.1) is 0 Å². The van der Waals surface area contributed by atoms with Crippen molar-refractivity contribution in [3.8, 4) is 5.75 Å². The van der Waals surface area contributed by atoms with E-state index < -0.39 is 5.97 Å². The molecule has 0 aliphatic heterocycles. The third-order valence-electron chi connectivity index (χ3n) is 2.19. The van der Waals surface area contributed by atoms with E-state index in [9.17, 15) is 4.79 Å². The molecule has 15 heavy (non-hydrogen) atoms. The Morgan fingerprint density at radius 2 is 2.20 bits per heavy atom. The number of methoxy groups -OCH3 is 1. The van der Waals surface area contributed by atoms with E-state index in [1.807, 2.05) is 19.1 Å². The van der Waals surface area contributed by atoms with Gasteiger partial charge in [-0.2, -0.15) is 0 Å². The SMILES string of the molecule is COc1c(C)ccc(Br)c1CCC(=O)O. The minimum atomic E-state index is -0.801. The third-order valence-corrected chi connectivity index (χ3v) is 2.94. The van der Waals surface area contributed by atoms with Crippen LogP contribution >= 0.6 is 15.9 Å². The van der Waals surface area contributed by atoms with Gasteiger partial charge >= 0.3 is 5.97 Å². The van der Waals surface area contributed by atoms with E-state index in [1.54, 1.807) is 7.11 Å². The average Bonchev–Trinajstić information content (AvgIpc) is 2.19. The van der Waals surface area contributed by atoms with Crippen LogP contribution in [-0.2, 0) is 11.2 Å². The number of aliphatic carboxylic acids is 1. The Hall–Kier alpha value is -1.03. The summed E-state index contributed by atoms with van der Waals surface area (Å²) in [5.74, 6) is -0.0314. The van der Waals surface area contributed by atoms with E-state index >= 15 is 0 Å². The average molecular weight is 273 g/mol. The second-order valence-electron chi connectivity index (χ2n) is 3.27. The van der Waals surface area contributed by atoms with Gasteiger partial charge in [-0.1, -0.05) is 22.0 Å². The summed E-state index contributed by atoms with van der Waals surface area (Å²) in [6.45, 7) is 1.94. The molecule has 0 radical (unpaired) electrons. The third kappa shape index (κ3) is 2.96. The lowest BCUT2D eigenvalue weighted by molar-refractivity contribution is -0.136. The van der Waals surface area contributed by atoms with Crippen molar-refractivity contribution in [1.82, 2.24) is 0 Å². The van der Waals surface area contributed by atoms with Crippen LogP contribution in [-0.4, -0.2) is 18.2 Å². The highest BCUT2D eigenvalue weighted by Crippen LogP contribution is 2.31. The molecule has 82 valence electrons.